The molecule has 0 radical (unpaired) electrons. The van der Waals surface area contributed by atoms with E-state index in [1.54, 1.807) is 0 Å². The fraction of sp³-hybridized carbons (Fsp3) is 0.625. The first-order valence-corrected chi connectivity index (χ1v) is 7.25. The van der Waals surface area contributed by atoms with Gasteiger partial charge in [0.15, 0.2) is 0 Å². The molecule has 2 aliphatic rings. The zero-order chi connectivity index (χ0) is 12.5. The predicted octanol–water partition coefficient (Wildman–Crippen LogP) is 2.63. The molecule has 2 aliphatic heterocycles. The van der Waals surface area contributed by atoms with Crippen LogP contribution in [0.25, 0.3) is 0 Å². The maximum Gasteiger partial charge on any atom is 0.0237 e. The summed E-state index contributed by atoms with van der Waals surface area (Å²) in [4.78, 5) is 2.63. The van der Waals surface area contributed by atoms with Crippen LogP contribution in [0, 0.1) is 13.8 Å². The maximum absolute atomic E-state index is 3.75. The van der Waals surface area contributed by atoms with Crippen molar-refractivity contribution in [3.05, 3.63) is 34.9 Å². The number of hydrogen-bond donors (Lipinski definition) is 1. The highest BCUT2D eigenvalue weighted by Gasteiger charge is 2.29. The Hall–Kier alpha value is -0.860. The van der Waals surface area contributed by atoms with Crippen molar-refractivity contribution in [3.63, 3.8) is 0 Å². The van der Waals surface area contributed by atoms with E-state index in [1.165, 1.54) is 49.0 Å². The molecule has 1 N–H and O–H groups in total. The molecule has 2 fully saturated rings. The molecule has 2 atom stereocenters. The second-order valence-electron chi connectivity index (χ2n) is 6.09. The lowest BCUT2D eigenvalue weighted by Crippen LogP contribution is -2.35. The topological polar surface area (TPSA) is 15.3 Å². The van der Waals surface area contributed by atoms with Gasteiger partial charge in [0.1, 0.15) is 0 Å². The van der Waals surface area contributed by atoms with Gasteiger partial charge in [0.2, 0.25) is 0 Å². The van der Waals surface area contributed by atoms with Gasteiger partial charge in [-0.25, -0.2) is 0 Å². The van der Waals surface area contributed by atoms with Gasteiger partial charge in [0.25, 0.3) is 0 Å². The van der Waals surface area contributed by atoms with Gasteiger partial charge in [0.05, 0.1) is 0 Å². The van der Waals surface area contributed by atoms with E-state index in [0.717, 1.165) is 18.6 Å². The highest BCUT2D eigenvalue weighted by atomic mass is 15.2. The van der Waals surface area contributed by atoms with Crippen LogP contribution in [0.3, 0.4) is 0 Å². The van der Waals surface area contributed by atoms with Crippen molar-refractivity contribution >= 4 is 0 Å². The summed E-state index contributed by atoms with van der Waals surface area (Å²) in [5.74, 6) is 0. The number of aryl methyl sites for hydroxylation is 2. The average Bonchev–Trinajstić information content (AvgIpc) is 2.66. The molecule has 0 aromatic heterocycles. The summed E-state index contributed by atoms with van der Waals surface area (Å²) in [5, 5.41) is 3.75. The number of nitrogens with one attached hydrogen (secondary N) is 1. The Morgan fingerprint density at radius 3 is 2.83 bits per heavy atom. The normalized spacial score (nSPS) is 28.3. The van der Waals surface area contributed by atoms with Crippen LogP contribution in [-0.2, 0) is 6.54 Å². The molecule has 2 saturated heterocycles. The molecule has 0 amide bonds. The molecule has 0 saturated carbocycles. The summed E-state index contributed by atoms with van der Waals surface area (Å²) >= 11 is 0. The number of nitrogens with zero attached hydrogens (tertiary/aromatic N) is 1. The lowest BCUT2D eigenvalue weighted by Gasteiger charge is -2.24. The van der Waals surface area contributed by atoms with Crippen LogP contribution >= 0.6 is 0 Å². The Kier molecular flexibility index (Phi) is 3.40. The third-order valence-corrected chi connectivity index (χ3v) is 4.50. The van der Waals surface area contributed by atoms with Crippen molar-refractivity contribution in [2.75, 3.05) is 13.1 Å². The maximum atomic E-state index is 3.75. The molecule has 2 heteroatoms. The van der Waals surface area contributed by atoms with E-state index in [1.807, 2.05) is 0 Å². The van der Waals surface area contributed by atoms with Gasteiger partial charge in [-0.3, -0.25) is 4.90 Å². The van der Waals surface area contributed by atoms with Crippen molar-refractivity contribution < 1.29 is 0 Å². The second-order valence-corrected chi connectivity index (χ2v) is 6.09. The molecule has 2 unspecified atom stereocenters. The minimum Gasteiger partial charge on any atom is -0.310 e. The van der Waals surface area contributed by atoms with E-state index in [4.69, 9.17) is 0 Å². The first-order chi connectivity index (χ1) is 8.70. The van der Waals surface area contributed by atoms with Crippen LogP contribution in [0.1, 0.15) is 36.0 Å². The minimum absolute atomic E-state index is 0.739. The van der Waals surface area contributed by atoms with E-state index >= 15 is 0 Å². The predicted molar refractivity (Wildman–Crippen MR) is 75.8 cm³/mol. The molecule has 1 aromatic carbocycles. The van der Waals surface area contributed by atoms with Crippen molar-refractivity contribution in [1.82, 2.24) is 10.2 Å². The quantitative estimate of drug-likeness (QED) is 0.860. The Morgan fingerprint density at radius 2 is 2.00 bits per heavy atom. The second kappa shape index (κ2) is 5.02. The average molecular weight is 244 g/mol. The fourth-order valence-corrected chi connectivity index (χ4v) is 3.42. The summed E-state index contributed by atoms with van der Waals surface area (Å²) in [7, 11) is 0. The van der Waals surface area contributed by atoms with Gasteiger partial charge in [-0.1, -0.05) is 23.8 Å². The summed E-state index contributed by atoms with van der Waals surface area (Å²) < 4.78 is 0. The van der Waals surface area contributed by atoms with Crippen molar-refractivity contribution in [2.24, 2.45) is 0 Å². The molecule has 98 valence electrons. The Morgan fingerprint density at radius 1 is 1.17 bits per heavy atom. The zero-order valence-corrected chi connectivity index (χ0v) is 11.6. The van der Waals surface area contributed by atoms with E-state index < -0.39 is 0 Å². The summed E-state index contributed by atoms with van der Waals surface area (Å²) in [6, 6.07) is 8.38. The number of fused-ring (bicyclic) bond motifs is 2. The van der Waals surface area contributed by atoms with Crippen LogP contribution in [0.4, 0.5) is 0 Å². The molecule has 2 nitrogen and oxygen atoms in total. The van der Waals surface area contributed by atoms with Crippen LogP contribution in [0.5, 0.6) is 0 Å². The third-order valence-electron chi connectivity index (χ3n) is 4.50. The standard InChI is InChI=1S/C16H24N2/c1-12-3-4-14(13(2)9-12)10-18-8-7-15-5-6-16(11-18)17-15/h3-4,9,15-17H,5-8,10-11H2,1-2H3. The molecule has 0 spiro atoms. The van der Waals surface area contributed by atoms with E-state index in [-0.39, 0.29) is 0 Å². The number of likely N-dealkylation sites (tertiary alicyclic amines) is 1. The highest BCUT2D eigenvalue weighted by Crippen LogP contribution is 2.22. The van der Waals surface area contributed by atoms with Crippen LogP contribution in [0.2, 0.25) is 0 Å². The van der Waals surface area contributed by atoms with Gasteiger partial charge >= 0.3 is 0 Å². The SMILES string of the molecule is Cc1ccc(CN2CCC3CCC(C2)N3)c(C)c1. The van der Waals surface area contributed by atoms with Gasteiger partial charge in [-0.15, -0.1) is 0 Å². The molecule has 2 heterocycles. The Labute approximate surface area is 110 Å². The molecular weight excluding hydrogens is 220 g/mol. The summed E-state index contributed by atoms with van der Waals surface area (Å²) in [6.45, 7) is 8.01. The van der Waals surface area contributed by atoms with Crippen LogP contribution in [-0.4, -0.2) is 30.1 Å². The Bertz CT molecular complexity index is 427. The first kappa shape index (κ1) is 12.2. The fourth-order valence-electron chi connectivity index (χ4n) is 3.42. The van der Waals surface area contributed by atoms with Gasteiger partial charge in [-0.2, -0.15) is 0 Å². The third kappa shape index (κ3) is 2.60. The minimum atomic E-state index is 0.739. The summed E-state index contributed by atoms with van der Waals surface area (Å²) in [5.41, 5.74) is 4.31. The van der Waals surface area contributed by atoms with Crippen molar-refractivity contribution in [2.45, 2.75) is 51.7 Å². The van der Waals surface area contributed by atoms with Crippen LogP contribution < -0.4 is 5.32 Å². The van der Waals surface area contributed by atoms with Gasteiger partial charge in [0, 0.05) is 31.7 Å². The van der Waals surface area contributed by atoms with Crippen molar-refractivity contribution in [1.29, 1.82) is 0 Å². The Balaban J connectivity index is 1.68. The highest BCUT2D eigenvalue weighted by molar-refractivity contribution is 5.30. The molecule has 2 bridgehead atoms. The first-order valence-electron chi connectivity index (χ1n) is 7.25. The lowest BCUT2D eigenvalue weighted by molar-refractivity contribution is 0.250. The van der Waals surface area contributed by atoms with E-state index in [2.05, 4.69) is 42.3 Å². The van der Waals surface area contributed by atoms with Gasteiger partial charge in [-0.05, 0) is 44.2 Å². The monoisotopic (exact) mass is 244 g/mol. The molecule has 1 aromatic rings. The number of rotatable bonds is 2. The number of hydrogen-bond acceptors (Lipinski definition) is 2. The molecule has 18 heavy (non-hydrogen) atoms. The van der Waals surface area contributed by atoms with Gasteiger partial charge < -0.3 is 5.32 Å². The van der Waals surface area contributed by atoms with E-state index in [0.29, 0.717) is 0 Å². The largest absolute Gasteiger partial charge is 0.310 e. The van der Waals surface area contributed by atoms with Crippen LogP contribution in [0.15, 0.2) is 18.2 Å². The molecular formula is C16H24N2. The number of benzene rings is 1. The molecule has 0 aliphatic carbocycles. The van der Waals surface area contributed by atoms with Crippen molar-refractivity contribution in [3.8, 4) is 0 Å². The smallest absolute Gasteiger partial charge is 0.0237 e. The zero-order valence-electron chi connectivity index (χ0n) is 11.6. The lowest BCUT2D eigenvalue weighted by atomic mass is 10.0. The molecule has 3 rings (SSSR count). The summed E-state index contributed by atoms with van der Waals surface area (Å²) in [6.07, 6.45) is 4.08. The van der Waals surface area contributed by atoms with E-state index in [9.17, 15) is 0 Å².